The van der Waals surface area contributed by atoms with Gasteiger partial charge in [0.05, 0.1) is 6.42 Å². The minimum Gasteiger partial charge on any atom is -0.481 e. The second-order valence-electron chi connectivity index (χ2n) is 8.76. The molecule has 1 saturated heterocycles. The van der Waals surface area contributed by atoms with Crippen molar-refractivity contribution >= 4 is 23.8 Å². The first-order chi connectivity index (χ1) is 17.1. The third-order valence-electron chi connectivity index (χ3n) is 6.21. The van der Waals surface area contributed by atoms with Gasteiger partial charge in [-0.05, 0) is 38.5 Å². The number of Topliss-reactive ketones (excluding diaryl/α,β-unsaturated/α-hetero) is 1. The van der Waals surface area contributed by atoms with Crippen LogP contribution in [0.5, 0.6) is 5.75 Å². The number of ether oxygens (including phenoxy) is 2. The third-order valence-corrected chi connectivity index (χ3v) is 6.21. The Hall–Kier alpha value is -3.38. The summed E-state index contributed by atoms with van der Waals surface area (Å²) in [6.45, 7) is -0.692. The van der Waals surface area contributed by atoms with Crippen LogP contribution >= 0.6 is 0 Å². The Balaban J connectivity index is 1.55. The number of nitrogens with one attached hydrogen (secondary N) is 1. The smallest absolute Gasteiger partial charge is 0.410 e. The fraction of sp³-hybridized carbons (Fsp3) is 0.565. The first-order valence-corrected chi connectivity index (χ1v) is 11.5. The number of ketones is 1. The predicted molar refractivity (Wildman–Crippen MR) is 114 cm³/mol. The zero-order chi connectivity index (χ0) is 26.4. The number of nitrogens with zero attached hydrogens (tertiary/aromatic N) is 1. The molecular formula is C23H26F4N2O7. The monoisotopic (exact) mass is 518 g/mol. The molecule has 0 aromatic heterocycles. The van der Waals surface area contributed by atoms with Gasteiger partial charge in [-0.25, -0.2) is 13.6 Å². The lowest BCUT2D eigenvalue weighted by Gasteiger charge is -2.32. The van der Waals surface area contributed by atoms with Gasteiger partial charge in [0, 0.05) is 25.1 Å². The van der Waals surface area contributed by atoms with E-state index in [9.17, 15) is 36.7 Å². The second kappa shape index (κ2) is 12.0. The molecular weight excluding hydrogens is 492 g/mol. The Morgan fingerprint density at radius 2 is 1.58 bits per heavy atom. The molecule has 1 atom stereocenters. The van der Waals surface area contributed by atoms with Crippen LogP contribution in [0, 0.1) is 29.2 Å². The van der Waals surface area contributed by atoms with Gasteiger partial charge < -0.3 is 24.8 Å². The van der Waals surface area contributed by atoms with E-state index in [0.717, 1.165) is 25.7 Å². The number of halogens is 4. The predicted octanol–water partition coefficient (Wildman–Crippen LogP) is 2.94. The maximum Gasteiger partial charge on any atom is 0.410 e. The Morgan fingerprint density at radius 3 is 2.14 bits per heavy atom. The summed E-state index contributed by atoms with van der Waals surface area (Å²) in [5, 5.41) is 11.4. The summed E-state index contributed by atoms with van der Waals surface area (Å²) in [6, 6.07) is -1.66. The van der Waals surface area contributed by atoms with Gasteiger partial charge >= 0.3 is 12.1 Å². The van der Waals surface area contributed by atoms with Gasteiger partial charge in [0.15, 0.2) is 23.2 Å². The number of aliphatic carboxylic acids is 1. The minimum atomic E-state index is -1.86. The van der Waals surface area contributed by atoms with Gasteiger partial charge in [0.1, 0.15) is 18.8 Å². The number of amides is 2. The van der Waals surface area contributed by atoms with E-state index >= 15 is 0 Å². The molecule has 1 aliphatic heterocycles. The molecule has 0 bridgehead atoms. The van der Waals surface area contributed by atoms with Crippen LogP contribution in [-0.2, 0) is 19.1 Å². The average Bonchev–Trinajstić information content (AvgIpc) is 3.35. The van der Waals surface area contributed by atoms with E-state index in [-0.39, 0.29) is 38.1 Å². The average molecular weight is 518 g/mol. The molecule has 36 heavy (non-hydrogen) atoms. The van der Waals surface area contributed by atoms with Gasteiger partial charge in [-0.15, -0.1) is 0 Å². The molecule has 1 aromatic rings. The summed E-state index contributed by atoms with van der Waals surface area (Å²) < 4.78 is 64.2. The van der Waals surface area contributed by atoms with Crippen molar-refractivity contribution in [3.8, 4) is 5.75 Å². The quantitative estimate of drug-likeness (QED) is 0.381. The van der Waals surface area contributed by atoms with Crippen molar-refractivity contribution in [2.45, 2.75) is 57.1 Å². The summed E-state index contributed by atoms with van der Waals surface area (Å²) in [6.07, 6.45) is 2.73. The molecule has 2 N–H and O–H groups in total. The number of carboxylic acids is 1. The zero-order valence-corrected chi connectivity index (χ0v) is 19.2. The van der Waals surface area contributed by atoms with Crippen molar-refractivity contribution in [1.82, 2.24) is 10.2 Å². The molecule has 1 unspecified atom stereocenters. The first kappa shape index (κ1) is 27.2. The first-order valence-electron chi connectivity index (χ1n) is 11.5. The number of rotatable bonds is 9. The SMILES string of the molecule is O=C(O)CC(NC(=O)C1CCN(C(=O)OC2CCCC2)CC1)C(=O)COc1c(F)c(F)cc(F)c1F. The van der Waals surface area contributed by atoms with Crippen LogP contribution in [0.4, 0.5) is 22.4 Å². The molecule has 1 aromatic carbocycles. The van der Waals surface area contributed by atoms with E-state index in [4.69, 9.17) is 9.84 Å². The Morgan fingerprint density at radius 1 is 1.00 bits per heavy atom. The summed E-state index contributed by atoms with van der Waals surface area (Å²) in [5.74, 6) is -12.5. The topological polar surface area (TPSA) is 122 Å². The standard InChI is InChI=1S/C23H26F4N2O7/c24-14-9-15(25)20(27)21(19(14)26)35-11-17(30)16(10-18(31)32)28-22(33)12-5-7-29(8-6-12)23(34)36-13-3-1-2-4-13/h9,12-13,16H,1-8,10-11H2,(H,28,33)(H,31,32). The van der Waals surface area contributed by atoms with Gasteiger partial charge in [-0.2, -0.15) is 8.78 Å². The molecule has 2 amide bonds. The van der Waals surface area contributed by atoms with E-state index in [2.05, 4.69) is 10.1 Å². The molecule has 2 fully saturated rings. The van der Waals surface area contributed by atoms with E-state index in [0.29, 0.717) is 0 Å². The van der Waals surface area contributed by atoms with Gasteiger partial charge in [0.2, 0.25) is 17.5 Å². The lowest BCUT2D eigenvalue weighted by molar-refractivity contribution is -0.141. The molecule has 2 aliphatic rings. The number of benzene rings is 1. The molecule has 0 spiro atoms. The fourth-order valence-corrected chi connectivity index (χ4v) is 4.18. The highest BCUT2D eigenvalue weighted by Gasteiger charge is 2.33. The summed E-state index contributed by atoms with van der Waals surface area (Å²) >= 11 is 0. The number of likely N-dealkylation sites (tertiary alicyclic amines) is 1. The molecule has 9 nitrogen and oxygen atoms in total. The molecule has 13 heteroatoms. The largest absolute Gasteiger partial charge is 0.481 e. The molecule has 198 valence electrons. The highest BCUT2D eigenvalue weighted by molar-refractivity contribution is 5.93. The number of carbonyl (C=O) groups is 4. The molecule has 0 radical (unpaired) electrons. The zero-order valence-electron chi connectivity index (χ0n) is 19.2. The van der Waals surface area contributed by atoms with Crippen molar-refractivity contribution in [1.29, 1.82) is 0 Å². The summed E-state index contributed by atoms with van der Waals surface area (Å²) in [5.41, 5.74) is 0. The van der Waals surface area contributed by atoms with Crippen LogP contribution in [0.3, 0.4) is 0 Å². The van der Waals surface area contributed by atoms with Crippen molar-refractivity contribution in [3.05, 3.63) is 29.3 Å². The Labute approximate surface area is 203 Å². The lowest BCUT2D eigenvalue weighted by atomic mass is 9.95. The number of carbonyl (C=O) groups excluding carboxylic acids is 3. The van der Waals surface area contributed by atoms with Crippen LogP contribution in [0.15, 0.2) is 6.07 Å². The maximum atomic E-state index is 13.7. The molecule has 1 saturated carbocycles. The van der Waals surface area contributed by atoms with Crippen LogP contribution in [0.1, 0.15) is 44.9 Å². The molecule has 3 rings (SSSR count). The summed E-state index contributed by atoms with van der Waals surface area (Å²) in [4.78, 5) is 50.1. The van der Waals surface area contributed by atoms with E-state index in [1.165, 1.54) is 4.90 Å². The minimum absolute atomic E-state index is 0.0352. The lowest BCUT2D eigenvalue weighted by Crippen LogP contribution is -2.49. The van der Waals surface area contributed by atoms with E-state index in [1.807, 2.05) is 0 Å². The van der Waals surface area contributed by atoms with Gasteiger partial charge in [-0.3, -0.25) is 14.4 Å². The number of piperidine rings is 1. The molecule has 1 heterocycles. The van der Waals surface area contributed by atoms with Crippen LogP contribution in [0.2, 0.25) is 0 Å². The fourth-order valence-electron chi connectivity index (χ4n) is 4.18. The Kier molecular flexibility index (Phi) is 9.10. The van der Waals surface area contributed by atoms with E-state index < -0.39 is 77.8 Å². The van der Waals surface area contributed by atoms with Crippen molar-refractivity contribution in [2.24, 2.45) is 5.92 Å². The summed E-state index contributed by atoms with van der Waals surface area (Å²) in [7, 11) is 0. The van der Waals surface area contributed by atoms with Crippen LogP contribution in [-0.4, -0.2) is 65.6 Å². The van der Waals surface area contributed by atoms with Gasteiger partial charge in [-0.1, -0.05) is 0 Å². The highest BCUT2D eigenvalue weighted by Crippen LogP contribution is 2.27. The van der Waals surface area contributed by atoms with Crippen molar-refractivity contribution in [3.63, 3.8) is 0 Å². The normalized spacial score (nSPS) is 17.5. The van der Waals surface area contributed by atoms with E-state index in [1.54, 1.807) is 0 Å². The number of hydrogen-bond acceptors (Lipinski definition) is 6. The Bertz CT molecular complexity index is 982. The second-order valence-corrected chi connectivity index (χ2v) is 8.76. The van der Waals surface area contributed by atoms with Gasteiger partial charge in [0.25, 0.3) is 0 Å². The molecule has 1 aliphatic carbocycles. The van der Waals surface area contributed by atoms with Crippen molar-refractivity contribution < 1.29 is 51.3 Å². The van der Waals surface area contributed by atoms with Crippen LogP contribution in [0.25, 0.3) is 0 Å². The third kappa shape index (κ3) is 6.85. The number of carboxylic acid groups (broad SMARTS) is 1. The number of hydrogen-bond donors (Lipinski definition) is 2. The maximum absolute atomic E-state index is 13.7. The highest BCUT2D eigenvalue weighted by atomic mass is 19.2. The van der Waals surface area contributed by atoms with Crippen molar-refractivity contribution in [2.75, 3.05) is 19.7 Å². The van der Waals surface area contributed by atoms with Crippen LogP contribution < -0.4 is 10.1 Å².